The number of rotatable bonds is 1. The molecule has 2 heterocycles. The minimum Gasteiger partial charge on any atom is -0.486 e. The first-order valence-corrected chi connectivity index (χ1v) is 7.14. The minimum atomic E-state index is 0.573. The van der Waals surface area contributed by atoms with Crippen molar-refractivity contribution in [3.05, 3.63) is 40.9 Å². The van der Waals surface area contributed by atoms with E-state index in [4.69, 9.17) is 21.1 Å². The van der Waals surface area contributed by atoms with E-state index in [0.29, 0.717) is 18.2 Å². The largest absolute Gasteiger partial charge is 0.486 e. The molecule has 1 aliphatic rings. The van der Waals surface area contributed by atoms with E-state index < -0.39 is 0 Å². The highest BCUT2D eigenvalue weighted by molar-refractivity contribution is 6.30. The van der Waals surface area contributed by atoms with Crippen molar-refractivity contribution < 1.29 is 9.47 Å². The summed E-state index contributed by atoms with van der Waals surface area (Å²) in [6.45, 7) is 3.16. The molecule has 0 spiro atoms. The van der Waals surface area contributed by atoms with Crippen LogP contribution < -0.4 is 9.47 Å². The normalized spacial score (nSPS) is 13.6. The second-order valence-electron chi connectivity index (χ2n) is 5.12. The van der Waals surface area contributed by atoms with E-state index in [1.807, 2.05) is 31.2 Å². The van der Waals surface area contributed by atoms with E-state index in [1.165, 1.54) is 0 Å². The molecule has 0 amide bonds. The van der Waals surface area contributed by atoms with Gasteiger partial charge in [0.25, 0.3) is 0 Å². The van der Waals surface area contributed by atoms with Crippen LogP contribution in [0.5, 0.6) is 11.5 Å². The standard InChI is InChI=1S/C16H13ClN2O2/c1-9-4-10(6-11(17)5-9)16-18-12-7-14-15(8-13(12)19-16)21-3-2-20-14/h4-8H,2-3H2,1H3,(H,18,19). The zero-order chi connectivity index (χ0) is 14.4. The third-order valence-corrected chi connectivity index (χ3v) is 3.68. The van der Waals surface area contributed by atoms with Crippen molar-refractivity contribution in [1.82, 2.24) is 9.97 Å². The van der Waals surface area contributed by atoms with Gasteiger partial charge >= 0.3 is 0 Å². The van der Waals surface area contributed by atoms with Crippen molar-refractivity contribution in [2.45, 2.75) is 6.92 Å². The summed E-state index contributed by atoms with van der Waals surface area (Å²) in [6.07, 6.45) is 0. The molecule has 2 aromatic carbocycles. The number of nitrogens with zero attached hydrogens (tertiary/aromatic N) is 1. The van der Waals surface area contributed by atoms with Crippen LogP contribution in [-0.2, 0) is 0 Å². The number of hydrogen-bond donors (Lipinski definition) is 1. The summed E-state index contributed by atoms with van der Waals surface area (Å²) in [5.41, 5.74) is 3.85. The summed E-state index contributed by atoms with van der Waals surface area (Å²) in [4.78, 5) is 7.93. The highest BCUT2D eigenvalue weighted by Crippen LogP contribution is 2.35. The monoisotopic (exact) mass is 300 g/mol. The molecule has 4 rings (SSSR count). The quantitative estimate of drug-likeness (QED) is 0.740. The Morgan fingerprint density at radius 1 is 1.05 bits per heavy atom. The Labute approximate surface area is 126 Å². The lowest BCUT2D eigenvalue weighted by molar-refractivity contribution is 0.172. The molecule has 106 valence electrons. The second-order valence-corrected chi connectivity index (χ2v) is 5.55. The number of hydrogen-bond acceptors (Lipinski definition) is 3. The Kier molecular flexibility index (Phi) is 2.79. The van der Waals surface area contributed by atoms with E-state index >= 15 is 0 Å². The highest BCUT2D eigenvalue weighted by atomic mass is 35.5. The van der Waals surface area contributed by atoms with Crippen molar-refractivity contribution >= 4 is 22.6 Å². The molecule has 0 saturated carbocycles. The van der Waals surface area contributed by atoms with Gasteiger partial charge in [0.1, 0.15) is 19.0 Å². The summed E-state index contributed by atoms with van der Waals surface area (Å²) in [5, 5.41) is 0.705. The van der Waals surface area contributed by atoms with Gasteiger partial charge in [-0.15, -0.1) is 0 Å². The van der Waals surface area contributed by atoms with E-state index in [9.17, 15) is 0 Å². The van der Waals surface area contributed by atoms with E-state index in [2.05, 4.69) is 16.0 Å². The molecule has 5 heteroatoms. The fraction of sp³-hybridized carbons (Fsp3) is 0.188. The summed E-state index contributed by atoms with van der Waals surface area (Å²) in [5.74, 6) is 2.29. The maximum Gasteiger partial charge on any atom is 0.163 e. The van der Waals surface area contributed by atoms with Crippen LogP contribution >= 0.6 is 11.6 Å². The van der Waals surface area contributed by atoms with Crippen molar-refractivity contribution in [3.63, 3.8) is 0 Å². The third-order valence-electron chi connectivity index (χ3n) is 3.46. The van der Waals surface area contributed by atoms with E-state index in [1.54, 1.807) is 0 Å². The molecule has 4 nitrogen and oxygen atoms in total. The molecule has 21 heavy (non-hydrogen) atoms. The first-order chi connectivity index (χ1) is 10.2. The van der Waals surface area contributed by atoms with E-state index in [-0.39, 0.29) is 0 Å². The molecule has 0 saturated heterocycles. The molecule has 0 bridgehead atoms. The lowest BCUT2D eigenvalue weighted by atomic mass is 10.1. The number of aromatic amines is 1. The summed E-state index contributed by atoms with van der Waals surface area (Å²) in [6, 6.07) is 9.71. The fourth-order valence-corrected chi connectivity index (χ4v) is 2.85. The second kappa shape index (κ2) is 4.67. The van der Waals surface area contributed by atoms with Crippen LogP contribution in [-0.4, -0.2) is 23.2 Å². The van der Waals surface area contributed by atoms with Gasteiger partial charge in [0.05, 0.1) is 11.0 Å². The molecule has 0 atom stereocenters. The predicted octanol–water partition coefficient (Wildman–Crippen LogP) is 3.96. The van der Waals surface area contributed by atoms with Gasteiger partial charge in [-0.3, -0.25) is 0 Å². The van der Waals surface area contributed by atoms with Crippen molar-refractivity contribution in [2.24, 2.45) is 0 Å². The van der Waals surface area contributed by atoms with Crippen molar-refractivity contribution in [3.8, 4) is 22.9 Å². The number of halogens is 1. The number of ether oxygens (including phenoxy) is 2. The summed E-state index contributed by atoms with van der Waals surface area (Å²) >= 11 is 6.12. The van der Waals surface area contributed by atoms with Gasteiger partial charge in [0.15, 0.2) is 11.5 Å². The lowest BCUT2D eigenvalue weighted by Crippen LogP contribution is -2.15. The first kappa shape index (κ1) is 12.5. The van der Waals surface area contributed by atoms with Crippen LogP contribution in [0, 0.1) is 6.92 Å². The van der Waals surface area contributed by atoms with E-state index in [0.717, 1.165) is 39.5 Å². The molecule has 0 radical (unpaired) electrons. The Morgan fingerprint density at radius 2 is 1.81 bits per heavy atom. The van der Waals surface area contributed by atoms with Gasteiger partial charge in [-0.2, -0.15) is 0 Å². The molecule has 1 aliphatic heterocycles. The van der Waals surface area contributed by atoms with Gasteiger partial charge in [-0.1, -0.05) is 11.6 Å². The predicted molar refractivity (Wildman–Crippen MR) is 82.3 cm³/mol. The smallest absolute Gasteiger partial charge is 0.163 e. The Hall–Kier alpha value is -2.20. The van der Waals surface area contributed by atoms with Crippen LogP contribution in [0.3, 0.4) is 0 Å². The van der Waals surface area contributed by atoms with Crippen LogP contribution in [0.25, 0.3) is 22.4 Å². The summed E-state index contributed by atoms with van der Waals surface area (Å²) < 4.78 is 11.2. The van der Waals surface area contributed by atoms with Gasteiger partial charge in [0.2, 0.25) is 0 Å². The molecular weight excluding hydrogens is 288 g/mol. The zero-order valence-corrected chi connectivity index (χ0v) is 12.2. The van der Waals surface area contributed by atoms with Crippen LogP contribution in [0.2, 0.25) is 5.02 Å². The fourth-order valence-electron chi connectivity index (χ4n) is 2.56. The molecule has 3 aromatic rings. The average Bonchev–Trinajstić information content (AvgIpc) is 2.86. The lowest BCUT2D eigenvalue weighted by Gasteiger charge is -2.17. The van der Waals surface area contributed by atoms with Gasteiger partial charge < -0.3 is 14.5 Å². The van der Waals surface area contributed by atoms with Crippen LogP contribution in [0.15, 0.2) is 30.3 Å². The van der Waals surface area contributed by atoms with Crippen molar-refractivity contribution in [1.29, 1.82) is 0 Å². The van der Waals surface area contributed by atoms with Crippen LogP contribution in [0.4, 0.5) is 0 Å². The molecule has 1 aromatic heterocycles. The maximum atomic E-state index is 6.12. The van der Waals surface area contributed by atoms with Crippen molar-refractivity contribution in [2.75, 3.05) is 13.2 Å². The molecule has 0 aliphatic carbocycles. The molecule has 1 N–H and O–H groups in total. The van der Waals surface area contributed by atoms with Gasteiger partial charge in [-0.05, 0) is 30.7 Å². The number of aromatic nitrogens is 2. The average molecular weight is 301 g/mol. The number of H-pyrrole nitrogens is 1. The van der Waals surface area contributed by atoms with Gasteiger partial charge in [-0.25, -0.2) is 4.98 Å². The Balaban J connectivity index is 1.86. The first-order valence-electron chi connectivity index (χ1n) is 6.76. The summed E-state index contributed by atoms with van der Waals surface area (Å²) in [7, 11) is 0. The zero-order valence-electron chi connectivity index (χ0n) is 11.4. The molecule has 0 unspecified atom stereocenters. The number of fused-ring (bicyclic) bond motifs is 2. The topological polar surface area (TPSA) is 47.1 Å². The number of benzene rings is 2. The van der Waals surface area contributed by atoms with Gasteiger partial charge in [0, 0.05) is 22.7 Å². The third kappa shape index (κ3) is 2.21. The molecule has 0 fully saturated rings. The number of aryl methyl sites for hydroxylation is 1. The molecular formula is C16H13ClN2O2. The number of nitrogens with one attached hydrogen (secondary N) is 1. The Morgan fingerprint density at radius 3 is 2.57 bits per heavy atom. The van der Waals surface area contributed by atoms with Crippen LogP contribution in [0.1, 0.15) is 5.56 Å². The SMILES string of the molecule is Cc1cc(Cl)cc(-c2nc3cc4c(cc3[nH]2)OCCO4)c1. The Bertz CT molecular complexity index is 778. The number of imidazole rings is 1. The highest BCUT2D eigenvalue weighted by Gasteiger charge is 2.15. The minimum absolute atomic E-state index is 0.573. The maximum absolute atomic E-state index is 6.12.